The van der Waals surface area contributed by atoms with Crippen LogP contribution in [0.1, 0.15) is 46.8 Å². The number of hydrogen-bond acceptors (Lipinski definition) is 3. The van der Waals surface area contributed by atoms with Crippen LogP contribution in [0.25, 0.3) is 0 Å². The highest BCUT2D eigenvalue weighted by atomic mass is 32.1. The Kier molecular flexibility index (Phi) is 2.44. The van der Waals surface area contributed by atoms with Gasteiger partial charge in [0, 0.05) is 12.1 Å². The largest absolute Gasteiger partial charge is 0.297 e. The van der Waals surface area contributed by atoms with Gasteiger partial charge in [-0.25, -0.2) is 4.98 Å². The second kappa shape index (κ2) is 3.58. The van der Waals surface area contributed by atoms with E-state index in [4.69, 9.17) is 0 Å². The SMILES string of the molecule is CC1CCCC1c1ncc(C=O)s1. The molecular weight excluding hydrogens is 182 g/mol. The van der Waals surface area contributed by atoms with Crippen LogP contribution >= 0.6 is 11.3 Å². The molecule has 0 bridgehead atoms. The van der Waals surface area contributed by atoms with Gasteiger partial charge in [0.25, 0.3) is 0 Å². The number of carbonyl (C=O) groups is 1. The van der Waals surface area contributed by atoms with Crippen molar-refractivity contribution < 1.29 is 4.79 Å². The van der Waals surface area contributed by atoms with Gasteiger partial charge < -0.3 is 0 Å². The van der Waals surface area contributed by atoms with E-state index in [1.54, 1.807) is 17.5 Å². The second-order valence-electron chi connectivity index (χ2n) is 3.73. The quantitative estimate of drug-likeness (QED) is 0.679. The summed E-state index contributed by atoms with van der Waals surface area (Å²) in [7, 11) is 0. The lowest BCUT2D eigenvalue weighted by Gasteiger charge is -2.10. The molecule has 0 aromatic carbocycles. The smallest absolute Gasteiger partial charge is 0.161 e. The number of carbonyl (C=O) groups excluding carboxylic acids is 1. The predicted molar refractivity (Wildman–Crippen MR) is 53.3 cm³/mol. The van der Waals surface area contributed by atoms with Crippen molar-refractivity contribution in [2.45, 2.75) is 32.1 Å². The van der Waals surface area contributed by atoms with E-state index in [0.29, 0.717) is 5.92 Å². The van der Waals surface area contributed by atoms with Gasteiger partial charge in [-0.2, -0.15) is 0 Å². The molecule has 0 radical (unpaired) electrons. The van der Waals surface area contributed by atoms with Crippen molar-refractivity contribution in [1.29, 1.82) is 0 Å². The monoisotopic (exact) mass is 195 g/mol. The maximum absolute atomic E-state index is 10.5. The number of nitrogens with zero attached hydrogens (tertiary/aromatic N) is 1. The van der Waals surface area contributed by atoms with Crippen LogP contribution in [0, 0.1) is 5.92 Å². The zero-order valence-electron chi connectivity index (χ0n) is 7.69. The first kappa shape index (κ1) is 8.88. The predicted octanol–water partition coefficient (Wildman–Crippen LogP) is 2.86. The summed E-state index contributed by atoms with van der Waals surface area (Å²) in [6.07, 6.45) is 6.44. The highest BCUT2D eigenvalue weighted by molar-refractivity contribution is 7.13. The molecule has 0 amide bonds. The molecule has 1 aromatic rings. The fraction of sp³-hybridized carbons (Fsp3) is 0.600. The summed E-state index contributed by atoms with van der Waals surface area (Å²) in [5, 5.41) is 1.16. The molecule has 3 heteroatoms. The van der Waals surface area contributed by atoms with E-state index in [9.17, 15) is 4.79 Å². The molecule has 2 rings (SSSR count). The minimum Gasteiger partial charge on any atom is -0.297 e. The lowest BCUT2D eigenvalue weighted by atomic mass is 9.99. The number of thiazole rings is 1. The molecule has 1 aliphatic carbocycles. The van der Waals surface area contributed by atoms with Gasteiger partial charge in [-0.1, -0.05) is 19.8 Å². The number of aldehydes is 1. The molecule has 1 aromatic heterocycles. The second-order valence-corrected chi connectivity index (χ2v) is 4.83. The van der Waals surface area contributed by atoms with Crippen LogP contribution in [0.3, 0.4) is 0 Å². The molecule has 13 heavy (non-hydrogen) atoms. The fourth-order valence-electron chi connectivity index (χ4n) is 2.04. The first-order valence-electron chi connectivity index (χ1n) is 4.72. The van der Waals surface area contributed by atoms with Gasteiger partial charge in [-0.15, -0.1) is 11.3 Å². The topological polar surface area (TPSA) is 30.0 Å². The molecule has 1 saturated carbocycles. The molecule has 0 aliphatic heterocycles. The standard InChI is InChI=1S/C10H13NOS/c1-7-3-2-4-9(7)10-11-5-8(6-12)13-10/h5-7,9H,2-4H2,1H3. The van der Waals surface area contributed by atoms with E-state index in [-0.39, 0.29) is 0 Å². The van der Waals surface area contributed by atoms with Gasteiger partial charge in [0.05, 0.1) is 9.88 Å². The normalized spacial score (nSPS) is 27.8. The summed E-state index contributed by atoms with van der Waals surface area (Å²) < 4.78 is 0. The molecule has 0 N–H and O–H groups in total. The summed E-state index contributed by atoms with van der Waals surface area (Å²) in [6, 6.07) is 0. The molecule has 2 atom stereocenters. The maximum Gasteiger partial charge on any atom is 0.161 e. The third-order valence-corrected chi connectivity index (χ3v) is 3.89. The highest BCUT2D eigenvalue weighted by Crippen LogP contribution is 2.40. The van der Waals surface area contributed by atoms with Crippen molar-refractivity contribution in [2.24, 2.45) is 5.92 Å². The number of rotatable bonds is 2. The third-order valence-electron chi connectivity index (χ3n) is 2.84. The lowest BCUT2D eigenvalue weighted by Crippen LogP contribution is -2.00. The summed E-state index contributed by atoms with van der Waals surface area (Å²) in [6.45, 7) is 2.28. The average Bonchev–Trinajstić information content (AvgIpc) is 2.71. The fourth-order valence-corrected chi connectivity index (χ4v) is 3.04. The molecule has 1 aliphatic rings. The maximum atomic E-state index is 10.5. The van der Waals surface area contributed by atoms with Gasteiger partial charge in [0.1, 0.15) is 0 Å². The Hall–Kier alpha value is -0.700. The Morgan fingerprint density at radius 1 is 1.62 bits per heavy atom. The van der Waals surface area contributed by atoms with Crippen molar-refractivity contribution in [3.8, 4) is 0 Å². The number of hydrogen-bond donors (Lipinski definition) is 0. The van der Waals surface area contributed by atoms with Crippen LogP contribution in [-0.4, -0.2) is 11.3 Å². The Morgan fingerprint density at radius 3 is 3.00 bits per heavy atom. The van der Waals surface area contributed by atoms with Crippen LogP contribution in [0.4, 0.5) is 0 Å². The molecule has 2 nitrogen and oxygen atoms in total. The van der Waals surface area contributed by atoms with Crippen LogP contribution in [0.2, 0.25) is 0 Å². The van der Waals surface area contributed by atoms with Crippen LogP contribution in [0.15, 0.2) is 6.20 Å². The first-order valence-corrected chi connectivity index (χ1v) is 5.54. The first-order chi connectivity index (χ1) is 6.31. The van der Waals surface area contributed by atoms with Crippen LogP contribution in [0.5, 0.6) is 0 Å². The van der Waals surface area contributed by atoms with E-state index in [2.05, 4.69) is 11.9 Å². The van der Waals surface area contributed by atoms with Crippen molar-refractivity contribution in [3.63, 3.8) is 0 Å². The number of aromatic nitrogens is 1. The van der Waals surface area contributed by atoms with E-state index in [0.717, 1.165) is 22.1 Å². The molecular formula is C10H13NOS. The zero-order chi connectivity index (χ0) is 9.26. The van der Waals surface area contributed by atoms with Crippen LogP contribution < -0.4 is 0 Å². The van der Waals surface area contributed by atoms with Crippen molar-refractivity contribution in [2.75, 3.05) is 0 Å². The third kappa shape index (κ3) is 1.66. The Bertz CT molecular complexity index is 308. The van der Waals surface area contributed by atoms with Crippen LogP contribution in [-0.2, 0) is 0 Å². The summed E-state index contributed by atoms with van der Waals surface area (Å²) in [5.74, 6) is 1.35. The van der Waals surface area contributed by atoms with Crippen molar-refractivity contribution in [1.82, 2.24) is 4.98 Å². The van der Waals surface area contributed by atoms with Gasteiger partial charge in [-0.05, 0) is 12.3 Å². The summed E-state index contributed by atoms with van der Waals surface area (Å²) in [4.78, 5) is 15.6. The molecule has 1 heterocycles. The molecule has 0 spiro atoms. The van der Waals surface area contributed by atoms with Gasteiger partial charge in [0.2, 0.25) is 0 Å². The lowest BCUT2D eigenvalue weighted by molar-refractivity contribution is 0.112. The Labute approximate surface area is 82.0 Å². The van der Waals surface area contributed by atoms with E-state index in [1.807, 2.05) is 0 Å². The molecule has 1 fully saturated rings. The van der Waals surface area contributed by atoms with Gasteiger partial charge >= 0.3 is 0 Å². The summed E-state index contributed by atoms with van der Waals surface area (Å²) >= 11 is 1.55. The molecule has 70 valence electrons. The highest BCUT2D eigenvalue weighted by Gasteiger charge is 2.27. The minimum absolute atomic E-state index is 0.610. The van der Waals surface area contributed by atoms with Crippen molar-refractivity contribution in [3.05, 3.63) is 16.1 Å². The average molecular weight is 195 g/mol. The van der Waals surface area contributed by atoms with Crippen molar-refractivity contribution >= 4 is 17.6 Å². The van der Waals surface area contributed by atoms with Gasteiger partial charge in [0.15, 0.2) is 6.29 Å². The van der Waals surface area contributed by atoms with E-state index < -0.39 is 0 Å². The summed E-state index contributed by atoms with van der Waals surface area (Å²) in [5.41, 5.74) is 0. The Balaban J connectivity index is 2.19. The molecule has 2 unspecified atom stereocenters. The minimum atomic E-state index is 0.610. The Morgan fingerprint density at radius 2 is 2.46 bits per heavy atom. The van der Waals surface area contributed by atoms with E-state index >= 15 is 0 Å². The van der Waals surface area contributed by atoms with E-state index in [1.165, 1.54) is 19.3 Å². The molecule has 0 saturated heterocycles. The zero-order valence-corrected chi connectivity index (χ0v) is 8.51. The van der Waals surface area contributed by atoms with Gasteiger partial charge in [-0.3, -0.25) is 4.79 Å².